The van der Waals surface area contributed by atoms with Gasteiger partial charge in [-0.15, -0.1) is 0 Å². The number of carbonyl (C=O) groups excluding carboxylic acids is 1. The van der Waals surface area contributed by atoms with Crippen LogP contribution in [0.25, 0.3) is 0 Å². The van der Waals surface area contributed by atoms with Crippen molar-refractivity contribution in [2.75, 3.05) is 11.5 Å². The number of thioether (sulfide) groups is 1. The molecule has 0 heterocycles. The van der Waals surface area contributed by atoms with Gasteiger partial charge in [0, 0.05) is 5.92 Å². The molecule has 0 aliphatic rings. The third-order valence-corrected chi connectivity index (χ3v) is 3.89. The summed E-state index contributed by atoms with van der Waals surface area (Å²) < 4.78 is 0. The van der Waals surface area contributed by atoms with Crippen LogP contribution >= 0.6 is 11.8 Å². The highest BCUT2D eigenvalue weighted by molar-refractivity contribution is 7.99. The second kappa shape index (κ2) is 7.42. The molecule has 0 rings (SSSR count). The fourth-order valence-corrected chi connectivity index (χ4v) is 3.20. The van der Waals surface area contributed by atoms with Crippen molar-refractivity contribution >= 4 is 17.7 Å². The minimum absolute atomic E-state index is 0.0344. The zero-order valence-corrected chi connectivity index (χ0v) is 13.8. The fraction of sp³-hybridized carbons (Fsp3) is 0.933. The van der Waals surface area contributed by atoms with Gasteiger partial charge in [-0.2, -0.15) is 11.8 Å². The summed E-state index contributed by atoms with van der Waals surface area (Å²) in [6, 6.07) is 0. The van der Waals surface area contributed by atoms with E-state index in [1.54, 1.807) is 0 Å². The van der Waals surface area contributed by atoms with Crippen molar-refractivity contribution in [1.29, 1.82) is 0 Å². The van der Waals surface area contributed by atoms with E-state index in [9.17, 15) is 4.79 Å². The van der Waals surface area contributed by atoms with Gasteiger partial charge in [-0.25, -0.2) is 0 Å². The van der Waals surface area contributed by atoms with Gasteiger partial charge in [-0.05, 0) is 41.6 Å². The number of carbonyl (C=O) groups is 1. The summed E-state index contributed by atoms with van der Waals surface area (Å²) in [7, 11) is 0. The van der Waals surface area contributed by atoms with E-state index in [1.807, 2.05) is 11.8 Å². The highest BCUT2D eigenvalue weighted by Gasteiger charge is 2.22. The first kappa shape index (κ1) is 17.8. The molecule has 0 radical (unpaired) electrons. The predicted octanol–water partition coefficient (Wildman–Crippen LogP) is 4.08. The molecule has 0 aromatic carbocycles. The van der Waals surface area contributed by atoms with Gasteiger partial charge in [-0.1, -0.05) is 41.5 Å². The maximum atomic E-state index is 11.4. The molecular formula is C15H31NOS. The van der Waals surface area contributed by atoms with Gasteiger partial charge in [0.15, 0.2) is 0 Å². The zero-order valence-electron chi connectivity index (χ0n) is 13.0. The number of nitrogens with two attached hydrogens (primary N) is 1. The van der Waals surface area contributed by atoms with Gasteiger partial charge in [-0.3, -0.25) is 4.79 Å². The maximum Gasteiger partial charge on any atom is 0.220 e. The van der Waals surface area contributed by atoms with Crippen molar-refractivity contribution in [3.05, 3.63) is 0 Å². The lowest BCUT2D eigenvalue weighted by molar-refractivity contribution is -0.122. The smallest absolute Gasteiger partial charge is 0.220 e. The van der Waals surface area contributed by atoms with Crippen LogP contribution < -0.4 is 5.73 Å². The van der Waals surface area contributed by atoms with Crippen LogP contribution in [0.3, 0.4) is 0 Å². The maximum absolute atomic E-state index is 11.4. The van der Waals surface area contributed by atoms with E-state index in [0.29, 0.717) is 5.41 Å². The van der Waals surface area contributed by atoms with E-state index in [0.717, 1.165) is 18.6 Å². The molecule has 1 amide bonds. The molecule has 1 atom stereocenters. The topological polar surface area (TPSA) is 43.1 Å². The highest BCUT2D eigenvalue weighted by Crippen LogP contribution is 2.28. The molecule has 0 aliphatic carbocycles. The Hall–Kier alpha value is -0.180. The van der Waals surface area contributed by atoms with E-state index in [-0.39, 0.29) is 17.2 Å². The van der Waals surface area contributed by atoms with Gasteiger partial charge in [0.2, 0.25) is 5.91 Å². The molecule has 2 nitrogen and oxygen atoms in total. The summed E-state index contributed by atoms with van der Waals surface area (Å²) in [5.41, 5.74) is 6.06. The van der Waals surface area contributed by atoms with Crippen LogP contribution in [-0.2, 0) is 4.79 Å². The summed E-state index contributed by atoms with van der Waals surface area (Å²) >= 11 is 1.94. The van der Waals surface area contributed by atoms with Crippen molar-refractivity contribution in [2.24, 2.45) is 22.5 Å². The third kappa shape index (κ3) is 10.9. The molecule has 108 valence electrons. The molecular weight excluding hydrogens is 242 g/mol. The molecule has 0 aliphatic heterocycles. The molecule has 0 fully saturated rings. The van der Waals surface area contributed by atoms with Crippen LogP contribution in [0.1, 0.15) is 60.8 Å². The lowest BCUT2D eigenvalue weighted by Gasteiger charge is -2.24. The van der Waals surface area contributed by atoms with E-state index in [2.05, 4.69) is 41.5 Å². The molecule has 0 saturated carbocycles. The highest BCUT2D eigenvalue weighted by atomic mass is 32.2. The summed E-state index contributed by atoms with van der Waals surface area (Å²) in [6.07, 6.45) is 3.03. The number of hydrogen-bond acceptors (Lipinski definition) is 2. The first-order chi connectivity index (χ1) is 8.01. The summed E-state index contributed by atoms with van der Waals surface area (Å²) in [5, 5.41) is 0. The second-order valence-electron chi connectivity index (χ2n) is 7.58. The molecule has 0 bridgehead atoms. The molecule has 0 unspecified atom stereocenters. The Labute approximate surface area is 117 Å². The van der Waals surface area contributed by atoms with Crippen LogP contribution in [0.2, 0.25) is 0 Å². The Kier molecular flexibility index (Phi) is 7.34. The molecule has 0 saturated heterocycles. The fourth-order valence-electron chi connectivity index (χ4n) is 1.79. The van der Waals surface area contributed by atoms with Crippen molar-refractivity contribution in [1.82, 2.24) is 0 Å². The van der Waals surface area contributed by atoms with E-state index >= 15 is 0 Å². The van der Waals surface area contributed by atoms with E-state index in [1.165, 1.54) is 12.2 Å². The normalized spacial score (nSPS) is 14.6. The second-order valence-corrected chi connectivity index (χ2v) is 8.80. The molecule has 2 N–H and O–H groups in total. The monoisotopic (exact) mass is 273 g/mol. The SMILES string of the molecule is CC(C)(C)CCSCC[C@@H](CC(C)(C)C)C(N)=O. The van der Waals surface area contributed by atoms with E-state index in [4.69, 9.17) is 5.73 Å². The minimum Gasteiger partial charge on any atom is -0.369 e. The number of primary amides is 1. The van der Waals surface area contributed by atoms with Gasteiger partial charge in [0.05, 0.1) is 0 Å². The Morgan fingerprint density at radius 3 is 2.00 bits per heavy atom. The van der Waals surface area contributed by atoms with Gasteiger partial charge < -0.3 is 5.73 Å². The van der Waals surface area contributed by atoms with Crippen molar-refractivity contribution in [3.63, 3.8) is 0 Å². The lowest BCUT2D eigenvalue weighted by Crippen LogP contribution is -2.27. The third-order valence-electron chi connectivity index (χ3n) is 2.87. The molecule has 0 spiro atoms. The van der Waals surface area contributed by atoms with Crippen molar-refractivity contribution in [3.8, 4) is 0 Å². The molecule has 3 heteroatoms. The summed E-state index contributed by atoms with van der Waals surface area (Å²) in [4.78, 5) is 11.4. The van der Waals surface area contributed by atoms with Crippen molar-refractivity contribution < 1.29 is 4.79 Å². The van der Waals surface area contributed by atoms with Crippen LogP contribution in [0.4, 0.5) is 0 Å². The molecule has 18 heavy (non-hydrogen) atoms. The Bertz CT molecular complexity index is 250. The average molecular weight is 273 g/mol. The van der Waals surface area contributed by atoms with Crippen LogP contribution in [0.5, 0.6) is 0 Å². The van der Waals surface area contributed by atoms with E-state index < -0.39 is 0 Å². The standard InChI is InChI=1S/C15H31NOS/c1-14(2,3)8-10-18-9-7-12(13(16)17)11-15(4,5)6/h12H,7-11H2,1-6H3,(H2,16,17)/t12-/m0/s1. The summed E-state index contributed by atoms with van der Waals surface area (Å²) in [6.45, 7) is 13.3. The Morgan fingerprint density at radius 2 is 1.61 bits per heavy atom. The minimum atomic E-state index is -0.138. The van der Waals surface area contributed by atoms with Crippen molar-refractivity contribution in [2.45, 2.75) is 60.8 Å². The number of amides is 1. The average Bonchev–Trinajstić information content (AvgIpc) is 2.11. The van der Waals surface area contributed by atoms with Gasteiger partial charge in [0.1, 0.15) is 0 Å². The van der Waals surface area contributed by atoms with Gasteiger partial charge >= 0.3 is 0 Å². The van der Waals surface area contributed by atoms with Crippen LogP contribution in [0, 0.1) is 16.7 Å². The first-order valence-corrected chi connectivity index (χ1v) is 8.04. The Balaban J connectivity index is 3.89. The quantitative estimate of drug-likeness (QED) is 0.710. The molecule has 0 aromatic heterocycles. The number of hydrogen-bond donors (Lipinski definition) is 1. The van der Waals surface area contributed by atoms with Gasteiger partial charge in [0.25, 0.3) is 0 Å². The number of rotatable bonds is 7. The first-order valence-electron chi connectivity index (χ1n) is 6.88. The Morgan fingerprint density at radius 1 is 1.06 bits per heavy atom. The largest absolute Gasteiger partial charge is 0.369 e. The predicted molar refractivity (Wildman–Crippen MR) is 82.8 cm³/mol. The zero-order chi connectivity index (χ0) is 14.4. The van der Waals surface area contributed by atoms with Crippen LogP contribution in [0.15, 0.2) is 0 Å². The van der Waals surface area contributed by atoms with Crippen LogP contribution in [-0.4, -0.2) is 17.4 Å². The molecule has 0 aromatic rings. The lowest BCUT2D eigenvalue weighted by atomic mass is 9.83. The summed E-state index contributed by atoms with van der Waals surface area (Å²) in [5.74, 6) is 2.11.